The minimum atomic E-state index is -0.886. The minimum absolute atomic E-state index is 0.0771. The number of halogens is 1. The molecule has 0 bridgehead atoms. The van der Waals surface area contributed by atoms with E-state index in [0.717, 1.165) is 6.20 Å². The Bertz CT molecular complexity index is 657. The van der Waals surface area contributed by atoms with Crippen LogP contribution >= 0.6 is 0 Å². The number of fused-ring (bicyclic) bond motifs is 1. The Balaban J connectivity index is 2.92. The van der Waals surface area contributed by atoms with Gasteiger partial charge in [0.1, 0.15) is 5.65 Å². The van der Waals surface area contributed by atoms with Gasteiger partial charge in [-0.15, -0.1) is 0 Å². The van der Waals surface area contributed by atoms with Crippen molar-refractivity contribution in [1.82, 2.24) is 14.5 Å². The van der Waals surface area contributed by atoms with Crippen LogP contribution in [0, 0.1) is 5.82 Å². The fourth-order valence-electron chi connectivity index (χ4n) is 1.44. The molecule has 0 saturated carbocycles. The summed E-state index contributed by atoms with van der Waals surface area (Å²) in [6.07, 6.45) is 2.23. The van der Waals surface area contributed by atoms with E-state index in [9.17, 15) is 14.0 Å². The highest BCUT2D eigenvalue weighted by atomic mass is 19.1. The van der Waals surface area contributed by atoms with E-state index >= 15 is 0 Å². The highest BCUT2D eigenvalue weighted by Gasteiger charge is 2.09. The first-order valence-electron chi connectivity index (χ1n) is 4.81. The predicted octanol–water partition coefficient (Wildman–Crippen LogP) is 0.805. The zero-order chi connectivity index (χ0) is 11.9. The van der Waals surface area contributed by atoms with E-state index in [-0.39, 0.29) is 17.1 Å². The molecular weight excluding hydrogens is 213 g/mol. The van der Waals surface area contributed by atoms with Crippen molar-refractivity contribution in [3.8, 4) is 0 Å². The molecule has 0 atom stereocenters. The molecule has 0 aliphatic heterocycles. The molecule has 0 aromatic carbocycles. The van der Waals surface area contributed by atoms with Crippen molar-refractivity contribution < 1.29 is 4.39 Å². The lowest BCUT2D eigenvalue weighted by molar-refractivity contribution is 0.566. The maximum absolute atomic E-state index is 13.0. The van der Waals surface area contributed by atoms with Crippen molar-refractivity contribution >= 4 is 11.0 Å². The van der Waals surface area contributed by atoms with Gasteiger partial charge in [0.2, 0.25) is 5.43 Å². The van der Waals surface area contributed by atoms with Gasteiger partial charge in [0.15, 0.2) is 5.82 Å². The molecule has 2 rings (SSSR count). The van der Waals surface area contributed by atoms with Gasteiger partial charge >= 0.3 is 5.69 Å². The van der Waals surface area contributed by atoms with Gasteiger partial charge in [0.05, 0.1) is 5.39 Å². The van der Waals surface area contributed by atoms with E-state index in [2.05, 4.69) is 9.97 Å². The highest BCUT2D eigenvalue weighted by molar-refractivity contribution is 5.72. The van der Waals surface area contributed by atoms with E-state index in [1.807, 2.05) is 0 Å². The summed E-state index contributed by atoms with van der Waals surface area (Å²) in [7, 11) is 0. The van der Waals surface area contributed by atoms with Gasteiger partial charge in [-0.3, -0.25) is 9.36 Å². The summed E-state index contributed by atoms with van der Waals surface area (Å²) in [5.74, 6) is -0.886. The first-order chi connectivity index (χ1) is 7.50. The second-order valence-corrected chi connectivity index (χ2v) is 3.75. The summed E-state index contributed by atoms with van der Waals surface area (Å²) >= 11 is 0. The summed E-state index contributed by atoms with van der Waals surface area (Å²) < 4.78 is 14.3. The van der Waals surface area contributed by atoms with E-state index < -0.39 is 16.9 Å². The molecule has 0 spiro atoms. The van der Waals surface area contributed by atoms with Crippen molar-refractivity contribution in [2.75, 3.05) is 0 Å². The molecule has 2 heterocycles. The van der Waals surface area contributed by atoms with Crippen molar-refractivity contribution in [2.24, 2.45) is 0 Å². The van der Waals surface area contributed by atoms with Gasteiger partial charge in [-0.2, -0.15) is 4.98 Å². The lowest BCUT2D eigenvalue weighted by Gasteiger charge is -2.08. The van der Waals surface area contributed by atoms with Crippen molar-refractivity contribution in [1.29, 1.82) is 0 Å². The van der Waals surface area contributed by atoms with Crippen LogP contribution in [0.2, 0.25) is 0 Å². The van der Waals surface area contributed by atoms with Crippen LogP contribution in [0.15, 0.2) is 22.0 Å². The third kappa shape index (κ3) is 1.52. The van der Waals surface area contributed by atoms with Gasteiger partial charge in [-0.25, -0.2) is 9.18 Å². The van der Waals surface area contributed by atoms with Crippen LogP contribution in [0.4, 0.5) is 4.39 Å². The number of aromatic nitrogens is 3. The molecule has 16 heavy (non-hydrogen) atoms. The second-order valence-electron chi connectivity index (χ2n) is 3.75. The first-order valence-corrected chi connectivity index (χ1v) is 4.81. The zero-order valence-electron chi connectivity index (χ0n) is 8.82. The zero-order valence-corrected chi connectivity index (χ0v) is 8.82. The molecule has 1 N–H and O–H groups in total. The molecule has 0 aliphatic carbocycles. The van der Waals surface area contributed by atoms with Crippen molar-refractivity contribution in [3.63, 3.8) is 0 Å². The van der Waals surface area contributed by atoms with Gasteiger partial charge < -0.3 is 4.98 Å². The summed E-state index contributed by atoms with van der Waals surface area (Å²) in [4.78, 5) is 29.1. The lowest BCUT2D eigenvalue weighted by atomic mass is 10.3. The molecule has 0 amide bonds. The topological polar surface area (TPSA) is 67.8 Å². The van der Waals surface area contributed by atoms with Gasteiger partial charge in [-0.1, -0.05) is 0 Å². The Labute approximate surface area is 89.6 Å². The van der Waals surface area contributed by atoms with Crippen LogP contribution in [0.3, 0.4) is 0 Å². The standard InChI is InChI=1S/C10H10FN3O2/c1-5(2)14-4-6-8(15)7(11)3-12-9(6)13-10(14)16/h3-5H,1-2H3,(H,12,13,16). The van der Waals surface area contributed by atoms with E-state index in [4.69, 9.17) is 0 Å². The molecule has 6 heteroatoms. The molecular formula is C10H10FN3O2. The average molecular weight is 223 g/mol. The molecule has 84 valence electrons. The third-order valence-corrected chi connectivity index (χ3v) is 2.31. The van der Waals surface area contributed by atoms with Crippen LogP contribution in [0.5, 0.6) is 0 Å². The first kappa shape index (κ1) is 10.5. The fraction of sp³-hybridized carbons (Fsp3) is 0.300. The molecule has 2 aromatic heterocycles. The van der Waals surface area contributed by atoms with E-state index in [1.165, 1.54) is 10.8 Å². The second kappa shape index (κ2) is 3.55. The number of nitrogens with zero attached hydrogens (tertiary/aromatic N) is 2. The molecule has 0 radical (unpaired) electrons. The number of aromatic amines is 1. The largest absolute Gasteiger partial charge is 0.349 e. The fourth-order valence-corrected chi connectivity index (χ4v) is 1.44. The monoisotopic (exact) mass is 223 g/mol. The van der Waals surface area contributed by atoms with Gasteiger partial charge in [0, 0.05) is 18.4 Å². The number of nitrogens with one attached hydrogen (secondary N) is 1. The number of hydrogen-bond donors (Lipinski definition) is 1. The SMILES string of the molecule is CC(C)n1cc2c(=O)c(F)c[nH]c2nc1=O. The van der Waals surface area contributed by atoms with Crippen LogP contribution in [0.1, 0.15) is 19.9 Å². The summed E-state index contributed by atoms with van der Waals surface area (Å²) in [5, 5.41) is 0.0771. The number of H-pyrrole nitrogens is 1. The Morgan fingerprint density at radius 3 is 2.75 bits per heavy atom. The summed E-state index contributed by atoms with van der Waals surface area (Å²) in [6.45, 7) is 3.56. The quantitative estimate of drug-likeness (QED) is 0.777. The Morgan fingerprint density at radius 1 is 1.44 bits per heavy atom. The molecule has 0 saturated heterocycles. The van der Waals surface area contributed by atoms with Gasteiger partial charge in [0.25, 0.3) is 0 Å². The summed E-state index contributed by atoms with van der Waals surface area (Å²) in [6, 6.07) is -0.132. The lowest BCUT2D eigenvalue weighted by Crippen LogP contribution is -2.26. The Kier molecular flexibility index (Phi) is 2.34. The van der Waals surface area contributed by atoms with Gasteiger partial charge in [-0.05, 0) is 13.8 Å². The maximum atomic E-state index is 13.0. The summed E-state index contributed by atoms with van der Waals surface area (Å²) in [5.41, 5.74) is -1.12. The molecule has 0 unspecified atom stereocenters. The molecule has 0 aliphatic rings. The molecule has 0 fully saturated rings. The average Bonchev–Trinajstić information content (AvgIpc) is 2.23. The smallest absolute Gasteiger partial charge is 0.343 e. The van der Waals surface area contributed by atoms with Crippen molar-refractivity contribution in [3.05, 3.63) is 38.9 Å². The Hall–Kier alpha value is -1.98. The maximum Gasteiger partial charge on any atom is 0.349 e. The highest BCUT2D eigenvalue weighted by Crippen LogP contribution is 2.05. The normalized spacial score (nSPS) is 11.2. The minimum Gasteiger partial charge on any atom is -0.343 e. The number of hydrogen-bond acceptors (Lipinski definition) is 3. The molecule has 5 nitrogen and oxygen atoms in total. The van der Waals surface area contributed by atoms with Crippen LogP contribution < -0.4 is 11.1 Å². The number of rotatable bonds is 1. The predicted molar refractivity (Wildman–Crippen MR) is 57.0 cm³/mol. The Morgan fingerprint density at radius 2 is 2.12 bits per heavy atom. The van der Waals surface area contributed by atoms with E-state index in [0.29, 0.717) is 0 Å². The molecule has 2 aromatic rings. The number of pyridine rings is 1. The van der Waals surface area contributed by atoms with E-state index in [1.54, 1.807) is 13.8 Å². The van der Waals surface area contributed by atoms with Crippen LogP contribution in [0.25, 0.3) is 11.0 Å². The third-order valence-electron chi connectivity index (χ3n) is 2.31. The van der Waals surface area contributed by atoms with Crippen LogP contribution in [-0.2, 0) is 0 Å². The van der Waals surface area contributed by atoms with Crippen LogP contribution in [-0.4, -0.2) is 14.5 Å². The van der Waals surface area contributed by atoms with Crippen molar-refractivity contribution in [2.45, 2.75) is 19.9 Å².